The zero-order valence-corrected chi connectivity index (χ0v) is 19.8. The number of sulfonamides is 1. The molecule has 0 unspecified atom stereocenters. The van der Waals surface area contributed by atoms with E-state index in [1.807, 2.05) is 0 Å². The number of piperidine rings is 1. The lowest BCUT2D eigenvalue weighted by molar-refractivity contribution is -0.122. The second-order valence-corrected chi connectivity index (χ2v) is 11.9. The zero-order chi connectivity index (χ0) is 23.3. The van der Waals surface area contributed by atoms with Gasteiger partial charge in [-0.2, -0.15) is 0 Å². The highest BCUT2D eigenvalue weighted by Crippen LogP contribution is 2.28. The first kappa shape index (κ1) is 22.6. The fourth-order valence-corrected chi connectivity index (χ4v) is 6.35. The number of nitrogens with one attached hydrogen (secondary N) is 3. The molecule has 4 rings (SSSR count). The summed E-state index contributed by atoms with van der Waals surface area (Å²) in [5.74, 6) is -1.06. The molecule has 2 aliphatic rings. The molecule has 0 radical (unpaired) electrons. The van der Waals surface area contributed by atoms with E-state index in [4.69, 9.17) is 0 Å². The van der Waals surface area contributed by atoms with Crippen molar-refractivity contribution in [3.8, 4) is 0 Å². The van der Waals surface area contributed by atoms with Crippen molar-refractivity contribution in [3.63, 3.8) is 0 Å². The summed E-state index contributed by atoms with van der Waals surface area (Å²) in [7, 11) is -3.69. The average Bonchev–Trinajstić information content (AvgIpc) is 3.21. The van der Waals surface area contributed by atoms with Crippen LogP contribution >= 0.6 is 0 Å². The Balaban J connectivity index is 1.38. The number of anilines is 1. The van der Waals surface area contributed by atoms with Gasteiger partial charge in [-0.3, -0.25) is 10.1 Å². The molecule has 174 valence electrons. The fraction of sp³-hybridized carbons (Fsp3) is 0.545. The van der Waals surface area contributed by atoms with Crippen LogP contribution in [0.15, 0.2) is 30.5 Å². The van der Waals surface area contributed by atoms with Crippen LogP contribution in [0, 0.1) is 0 Å². The van der Waals surface area contributed by atoms with Gasteiger partial charge in [-0.25, -0.2) is 17.5 Å². The Hall–Kier alpha value is -2.59. The SMILES string of the molecule is CC(C)(C)n1ccc2cc(NC3CCN(S(=O)(=O)C[C@@]4(C)NC(=O)NC4=O)CC3)ccc21. The van der Waals surface area contributed by atoms with Gasteiger partial charge in [0.2, 0.25) is 10.0 Å². The standard InChI is InChI=1S/C22H31N5O4S/c1-21(2,3)27-12-7-15-13-17(5-6-18(15)27)23-16-8-10-26(11-9-16)32(30,31)14-22(4)19(28)24-20(29)25-22/h5-7,12-13,16,23H,8-11,14H2,1-4H3,(H2,24,25,28,29)/t22-/m1/s1. The topological polar surface area (TPSA) is 113 Å². The predicted molar refractivity (Wildman–Crippen MR) is 124 cm³/mol. The van der Waals surface area contributed by atoms with Crippen molar-refractivity contribution in [2.75, 3.05) is 24.2 Å². The van der Waals surface area contributed by atoms with Crippen molar-refractivity contribution in [3.05, 3.63) is 30.5 Å². The molecule has 0 spiro atoms. The van der Waals surface area contributed by atoms with Crippen LogP contribution in [0.4, 0.5) is 10.5 Å². The first-order valence-corrected chi connectivity index (χ1v) is 12.5. The summed E-state index contributed by atoms with van der Waals surface area (Å²) in [4.78, 5) is 23.4. The quantitative estimate of drug-likeness (QED) is 0.591. The highest BCUT2D eigenvalue weighted by atomic mass is 32.2. The van der Waals surface area contributed by atoms with Crippen molar-refractivity contribution in [2.24, 2.45) is 0 Å². The van der Waals surface area contributed by atoms with Crippen LogP contribution in [-0.2, 0) is 20.4 Å². The molecular formula is C22H31N5O4S. The maximum Gasteiger partial charge on any atom is 0.322 e. The predicted octanol–water partition coefficient (Wildman–Crippen LogP) is 2.20. The minimum Gasteiger partial charge on any atom is -0.382 e. The smallest absolute Gasteiger partial charge is 0.322 e. The molecule has 32 heavy (non-hydrogen) atoms. The number of carbonyl (C=O) groups excluding carboxylic acids is 2. The Kier molecular flexibility index (Phi) is 5.49. The minimum atomic E-state index is -3.69. The van der Waals surface area contributed by atoms with E-state index in [1.165, 1.54) is 16.7 Å². The van der Waals surface area contributed by atoms with Crippen LogP contribution in [0.1, 0.15) is 40.5 Å². The number of aromatic nitrogens is 1. The lowest BCUT2D eigenvalue weighted by Gasteiger charge is -2.33. The first-order chi connectivity index (χ1) is 14.9. The normalized spacial score (nSPS) is 23.4. The molecule has 3 heterocycles. The maximum absolute atomic E-state index is 12.9. The summed E-state index contributed by atoms with van der Waals surface area (Å²) in [6.45, 7) is 8.69. The molecule has 2 fully saturated rings. The highest BCUT2D eigenvalue weighted by molar-refractivity contribution is 7.89. The lowest BCUT2D eigenvalue weighted by Crippen LogP contribution is -2.53. The molecule has 1 aromatic carbocycles. The van der Waals surface area contributed by atoms with Crippen molar-refractivity contribution in [1.82, 2.24) is 19.5 Å². The van der Waals surface area contributed by atoms with Crippen molar-refractivity contribution in [2.45, 2.75) is 57.7 Å². The van der Waals surface area contributed by atoms with Gasteiger partial charge in [0, 0.05) is 47.5 Å². The first-order valence-electron chi connectivity index (χ1n) is 10.9. The van der Waals surface area contributed by atoms with Crippen LogP contribution in [0.5, 0.6) is 0 Å². The number of carbonyl (C=O) groups is 2. The monoisotopic (exact) mass is 461 g/mol. The van der Waals surface area contributed by atoms with Crippen LogP contribution in [0.25, 0.3) is 10.9 Å². The number of rotatable bonds is 5. The number of imide groups is 1. The second kappa shape index (κ2) is 7.77. The van der Waals surface area contributed by atoms with Gasteiger partial charge in [0.05, 0.1) is 5.75 Å². The van der Waals surface area contributed by atoms with E-state index in [2.05, 4.69) is 71.8 Å². The molecule has 2 aliphatic heterocycles. The number of urea groups is 1. The summed E-state index contributed by atoms with van der Waals surface area (Å²) >= 11 is 0. The Bertz CT molecular complexity index is 1160. The Morgan fingerprint density at radius 1 is 1.16 bits per heavy atom. The molecule has 1 atom stereocenters. The Morgan fingerprint density at radius 3 is 2.44 bits per heavy atom. The van der Waals surface area contributed by atoms with Crippen LogP contribution in [0.2, 0.25) is 0 Å². The van der Waals surface area contributed by atoms with Gasteiger partial charge in [-0.15, -0.1) is 0 Å². The van der Waals surface area contributed by atoms with Gasteiger partial charge in [-0.05, 0) is 64.8 Å². The van der Waals surface area contributed by atoms with E-state index in [0.29, 0.717) is 25.9 Å². The largest absolute Gasteiger partial charge is 0.382 e. The summed E-state index contributed by atoms with van der Waals surface area (Å²) in [5, 5.41) is 9.23. The highest BCUT2D eigenvalue weighted by Gasteiger charge is 2.46. The third-order valence-electron chi connectivity index (χ3n) is 6.22. The van der Waals surface area contributed by atoms with Gasteiger partial charge in [-0.1, -0.05) is 0 Å². The molecule has 9 nitrogen and oxygen atoms in total. The molecule has 0 aliphatic carbocycles. The maximum atomic E-state index is 12.9. The van der Waals surface area contributed by atoms with Gasteiger partial charge in [0.15, 0.2) is 0 Å². The third kappa shape index (κ3) is 4.33. The molecule has 2 aromatic rings. The van der Waals surface area contributed by atoms with Crippen LogP contribution < -0.4 is 16.0 Å². The van der Waals surface area contributed by atoms with E-state index in [1.54, 1.807) is 0 Å². The summed E-state index contributed by atoms with van der Waals surface area (Å²) < 4.78 is 29.4. The van der Waals surface area contributed by atoms with E-state index in [-0.39, 0.29) is 11.6 Å². The molecule has 1 aromatic heterocycles. The Morgan fingerprint density at radius 2 is 1.84 bits per heavy atom. The number of amides is 3. The number of hydrogen-bond donors (Lipinski definition) is 3. The van der Waals surface area contributed by atoms with Crippen LogP contribution in [-0.4, -0.2) is 59.7 Å². The van der Waals surface area contributed by atoms with E-state index in [9.17, 15) is 18.0 Å². The van der Waals surface area contributed by atoms with Gasteiger partial charge in [0.1, 0.15) is 5.54 Å². The van der Waals surface area contributed by atoms with Gasteiger partial charge < -0.3 is 15.2 Å². The molecule has 0 saturated carbocycles. The minimum absolute atomic E-state index is 0.00800. The molecular weight excluding hydrogens is 430 g/mol. The molecule has 0 bridgehead atoms. The molecule has 3 N–H and O–H groups in total. The number of nitrogens with zero attached hydrogens (tertiary/aromatic N) is 2. The number of benzene rings is 1. The fourth-order valence-electron chi connectivity index (χ4n) is 4.47. The summed E-state index contributed by atoms with van der Waals surface area (Å²) in [6, 6.07) is 7.92. The third-order valence-corrected chi connectivity index (χ3v) is 8.31. The van der Waals surface area contributed by atoms with Crippen molar-refractivity contribution >= 4 is 38.6 Å². The Labute approximate surface area is 188 Å². The van der Waals surface area contributed by atoms with Gasteiger partial charge >= 0.3 is 6.03 Å². The van der Waals surface area contributed by atoms with E-state index in [0.717, 1.165) is 11.1 Å². The lowest BCUT2D eigenvalue weighted by atomic mass is 10.1. The average molecular weight is 462 g/mol. The summed E-state index contributed by atoms with van der Waals surface area (Å²) in [5.41, 5.74) is 0.765. The van der Waals surface area contributed by atoms with Crippen molar-refractivity contribution < 1.29 is 18.0 Å². The summed E-state index contributed by atoms with van der Waals surface area (Å²) in [6.07, 6.45) is 3.43. The molecule has 3 amide bonds. The molecule has 2 saturated heterocycles. The van der Waals surface area contributed by atoms with Crippen LogP contribution in [0.3, 0.4) is 0 Å². The van der Waals surface area contributed by atoms with E-state index < -0.39 is 33.3 Å². The number of hydrogen-bond acceptors (Lipinski definition) is 5. The van der Waals surface area contributed by atoms with Gasteiger partial charge in [0.25, 0.3) is 5.91 Å². The van der Waals surface area contributed by atoms with E-state index >= 15 is 0 Å². The molecule has 10 heteroatoms. The van der Waals surface area contributed by atoms with Crippen molar-refractivity contribution in [1.29, 1.82) is 0 Å². The zero-order valence-electron chi connectivity index (χ0n) is 18.9. The second-order valence-electron chi connectivity index (χ2n) is 9.94. The number of fused-ring (bicyclic) bond motifs is 1.